The van der Waals surface area contributed by atoms with Crippen LogP contribution in [-0.2, 0) is 22.4 Å². The number of fused-ring (bicyclic) bond motifs is 1. The number of benzene rings is 1. The zero-order valence-corrected chi connectivity index (χ0v) is 15.0. The molecule has 140 valence electrons. The van der Waals surface area contributed by atoms with Crippen molar-refractivity contribution >= 4 is 23.4 Å². The number of anilines is 1. The van der Waals surface area contributed by atoms with Crippen molar-refractivity contribution in [1.82, 2.24) is 14.8 Å². The van der Waals surface area contributed by atoms with Crippen LogP contribution in [0.3, 0.4) is 0 Å². The lowest BCUT2D eigenvalue weighted by Gasteiger charge is -2.22. The zero-order chi connectivity index (χ0) is 18.8. The lowest BCUT2D eigenvalue weighted by atomic mass is 10.1. The van der Waals surface area contributed by atoms with Crippen LogP contribution in [0.4, 0.5) is 5.69 Å². The van der Waals surface area contributed by atoms with Gasteiger partial charge in [-0.15, -0.1) is 0 Å². The predicted molar refractivity (Wildman–Crippen MR) is 100 cm³/mol. The average molecular weight is 366 g/mol. The molecule has 0 spiro atoms. The minimum Gasteiger partial charge on any atom is -0.357 e. The third-order valence-corrected chi connectivity index (χ3v) is 5.11. The highest BCUT2D eigenvalue weighted by molar-refractivity contribution is 5.99. The van der Waals surface area contributed by atoms with Crippen LogP contribution in [0, 0.1) is 0 Å². The fourth-order valence-electron chi connectivity index (χ4n) is 3.68. The Morgan fingerprint density at radius 1 is 1.04 bits per heavy atom. The first-order chi connectivity index (χ1) is 13.1. The van der Waals surface area contributed by atoms with Gasteiger partial charge in [0.1, 0.15) is 5.69 Å². The number of nitrogens with one attached hydrogen (secondary N) is 2. The molecule has 2 aliphatic rings. The Kier molecular flexibility index (Phi) is 4.66. The summed E-state index contributed by atoms with van der Waals surface area (Å²) in [5.41, 5.74) is 3.28. The van der Waals surface area contributed by atoms with Crippen molar-refractivity contribution in [1.29, 1.82) is 0 Å². The van der Waals surface area contributed by atoms with E-state index in [0.29, 0.717) is 44.7 Å². The topological polar surface area (TPSA) is 85.5 Å². The Morgan fingerprint density at radius 3 is 2.67 bits per heavy atom. The standard InChI is InChI=1S/C20H22N4O3/c25-18-13-15-11-14(4-5-16(15)22-18)12-19(26)23-7-2-8-24(10-9-23)20(27)17-3-1-6-21-17/h1,3-6,11,21H,2,7-10,12-13H2,(H,22,25). The summed E-state index contributed by atoms with van der Waals surface area (Å²) in [4.78, 5) is 43.2. The molecule has 2 N–H and O–H groups in total. The van der Waals surface area contributed by atoms with E-state index in [1.54, 1.807) is 23.2 Å². The number of aromatic nitrogens is 1. The molecule has 4 rings (SSSR count). The van der Waals surface area contributed by atoms with Crippen LogP contribution >= 0.6 is 0 Å². The van der Waals surface area contributed by atoms with E-state index in [1.807, 2.05) is 23.1 Å². The molecule has 0 radical (unpaired) electrons. The van der Waals surface area contributed by atoms with Crippen molar-refractivity contribution in [3.63, 3.8) is 0 Å². The summed E-state index contributed by atoms with van der Waals surface area (Å²) in [7, 11) is 0. The molecule has 0 aliphatic carbocycles. The van der Waals surface area contributed by atoms with E-state index in [4.69, 9.17) is 0 Å². The molecule has 3 heterocycles. The number of hydrogen-bond donors (Lipinski definition) is 2. The summed E-state index contributed by atoms with van der Waals surface area (Å²) in [6, 6.07) is 9.26. The van der Waals surface area contributed by atoms with Gasteiger partial charge >= 0.3 is 0 Å². The third-order valence-electron chi connectivity index (χ3n) is 5.11. The number of rotatable bonds is 3. The van der Waals surface area contributed by atoms with Gasteiger partial charge < -0.3 is 20.1 Å². The summed E-state index contributed by atoms with van der Waals surface area (Å²) >= 11 is 0. The number of nitrogens with zero attached hydrogens (tertiary/aromatic N) is 2. The number of hydrogen-bond acceptors (Lipinski definition) is 3. The molecule has 0 bridgehead atoms. The Balaban J connectivity index is 1.36. The molecule has 0 saturated carbocycles. The average Bonchev–Trinajstić information content (AvgIpc) is 3.23. The van der Waals surface area contributed by atoms with Gasteiger partial charge in [0.2, 0.25) is 11.8 Å². The number of amides is 3. The molecule has 1 aromatic carbocycles. The summed E-state index contributed by atoms with van der Waals surface area (Å²) in [5, 5.41) is 2.80. The predicted octanol–water partition coefficient (Wildman–Crippen LogP) is 1.43. The maximum absolute atomic E-state index is 12.7. The van der Waals surface area contributed by atoms with Gasteiger partial charge in [0.05, 0.1) is 12.8 Å². The van der Waals surface area contributed by atoms with Crippen molar-refractivity contribution < 1.29 is 14.4 Å². The minimum absolute atomic E-state index is 0.00665. The van der Waals surface area contributed by atoms with Gasteiger partial charge in [-0.05, 0) is 35.7 Å². The summed E-state index contributed by atoms with van der Waals surface area (Å²) in [5.74, 6) is 0.0271. The van der Waals surface area contributed by atoms with Crippen molar-refractivity contribution in [2.75, 3.05) is 31.5 Å². The lowest BCUT2D eigenvalue weighted by Crippen LogP contribution is -2.38. The molecule has 1 saturated heterocycles. The normalized spacial score (nSPS) is 16.7. The molecule has 3 amide bonds. The van der Waals surface area contributed by atoms with Crippen molar-refractivity contribution in [3.05, 3.63) is 53.3 Å². The smallest absolute Gasteiger partial charge is 0.270 e. The first-order valence-corrected chi connectivity index (χ1v) is 9.22. The quantitative estimate of drug-likeness (QED) is 0.862. The van der Waals surface area contributed by atoms with E-state index in [0.717, 1.165) is 23.2 Å². The summed E-state index contributed by atoms with van der Waals surface area (Å²) in [6.07, 6.45) is 3.18. The first-order valence-electron chi connectivity index (χ1n) is 9.22. The van der Waals surface area contributed by atoms with E-state index < -0.39 is 0 Å². The largest absolute Gasteiger partial charge is 0.357 e. The fourth-order valence-corrected chi connectivity index (χ4v) is 3.68. The van der Waals surface area contributed by atoms with Gasteiger partial charge in [0, 0.05) is 38.1 Å². The zero-order valence-electron chi connectivity index (χ0n) is 15.0. The molecule has 1 aromatic heterocycles. The molecule has 2 aliphatic heterocycles. The highest BCUT2D eigenvalue weighted by Crippen LogP contribution is 2.24. The maximum Gasteiger partial charge on any atom is 0.270 e. The van der Waals surface area contributed by atoms with Gasteiger partial charge in [-0.3, -0.25) is 14.4 Å². The van der Waals surface area contributed by atoms with Crippen LogP contribution in [0.2, 0.25) is 0 Å². The van der Waals surface area contributed by atoms with E-state index in [9.17, 15) is 14.4 Å². The number of carbonyl (C=O) groups is 3. The number of carbonyl (C=O) groups excluding carboxylic acids is 3. The van der Waals surface area contributed by atoms with Gasteiger partial charge in [-0.2, -0.15) is 0 Å². The SMILES string of the molecule is O=C1Cc2cc(CC(=O)N3CCCN(C(=O)c4ccc[nH]4)CC3)ccc2N1. The Bertz CT molecular complexity index is 875. The molecule has 7 heteroatoms. The second-order valence-corrected chi connectivity index (χ2v) is 7.00. The highest BCUT2D eigenvalue weighted by atomic mass is 16.2. The van der Waals surface area contributed by atoms with Crippen LogP contribution in [0.5, 0.6) is 0 Å². The van der Waals surface area contributed by atoms with Crippen molar-refractivity contribution in [2.45, 2.75) is 19.3 Å². The van der Waals surface area contributed by atoms with Crippen molar-refractivity contribution in [3.8, 4) is 0 Å². The summed E-state index contributed by atoms with van der Waals surface area (Å²) in [6.45, 7) is 2.37. The molecule has 2 aromatic rings. The molecular weight excluding hydrogens is 344 g/mol. The highest BCUT2D eigenvalue weighted by Gasteiger charge is 2.24. The van der Waals surface area contributed by atoms with Crippen LogP contribution in [0.25, 0.3) is 0 Å². The van der Waals surface area contributed by atoms with Gasteiger partial charge in [0.25, 0.3) is 5.91 Å². The van der Waals surface area contributed by atoms with Crippen LogP contribution < -0.4 is 5.32 Å². The maximum atomic E-state index is 12.7. The Hall–Kier alpha value is -3.09. The third kappa shape index (κ3) is 3.72. The Morgan fingerprint density at radius 2 is 1.85 bits per heavy atom. The number of aromatic amines is 1. The van der Waals surface area contributed by atoms with E-state index >= 15 is 0 Å². The van der Waals surface area contributed by atoms with Gasteiger partial charge in [-0.1, -0.05) is 12.1 Å². The minimum atomic E-state index is -0.0231. The monoisotopic (exact) mass is 366 g/mol. The first kappa shape index (κ1) is 17.3. The fraction of sp³-hybridized carbons (Fsp3) is 0.350. The Labute approximate surface area is 157 Å². The van der Waals surface area contributed by atoms with Gasteiger partial charge in [0.15, 0.2) is 0 Å². The van der Waals surface area contributed by atoms with Crippen LogP contribution in [-0.4, -0.2) is 58.7 Å². The number of H-pyrrole nitrogens is 1. The molecule has 1 fully saturated rings. The van der Waals surface area contributed by atoms with Crippen LogP contribution in [0.15, 0.2) is 36.5 Å². The van der Waals surface area contributed by atoms with E-state index in [1.165, 1.54) is 0 Å². The molecule has 0 atom stereocenters. The molecule has 7 nitrogen and oxygen atoms in total. The molecule has 0 unspecified atom stereocenters. The lowest BCUT2D eigenvalue weighted by molar-refractivity contribution is -0.130. The van der Waals surface area contributed by atoms with E-state index in [2.05, 4.69) is 10.3 Å². The molecular formula is C20H22N4O3. The second kappa shape index (κ2) is 7.26. The van der Waals surface area contributed by atoms with Crippen molar-refractivity contribution in [2.24, 2.45) is 0 Å². The van der Waals surface area contributed by atoms with Gasteiger partial charge in [-0.25, -0.2) is 0 Å². The summed E-state index contributed by atoms with van der Waals surface area (Å²) < 4.78 is 0. The van der Waals surface area contributed by atoms with Crippen LogP contribution in [0.1, 0.15) is 28.0 Å². The van der Waals surface area contributed by atoms with E-state index in [-0.39, 0.29) is 17.7 Å². The molecule has 27 heavy (non-hydrogen) atoms. The second-order valence-electron chi connectivity index (χ2n) is 7.00.